The van der Waals surface area contributed by atoms with Gasteiger partial charge >= 0.3 is 0 Å². The Morgan fingerprint density at radius 1 is 1.26 bits per heavy atom. The molecule has 1 aromatic rings. The first-order valence-electron chi connectivity index (χ1n) is 7.26. The highest BCUT2D eigenvalue weighted by Crippen LogP contribution is 2.33. The molecule has 1 N–H and O–H groups in total. The molecule has 19 heavy (non-hydrogen) atoms. The standard InChI is InChI=1S/C16H20BrNO/c17-13-7-3-1-5-11(13)10-16(19)15-9-12-6-2-4-8-14(12)18-15/h1,3,5,7,12,14-15,18H,2,4,6,8-10H2. The number of nitrogens with one attached hydrogen (secondary N) is 1. The zero-order valence-corrected chi connectivity index (χ0v) is 12.7. The van der Waals surface area contributed by atoms with E-state index < -0.39 is 0 Å². The summed E-state index contributed by atoms with van der Waals surface area (Å²) in [6.07, 6.45) is 6.81. The number of ketones is 1. The first-order valence-corrected chi connectivity index (χ1v) is 8.05. The molecule has 0 bridgehead atoms. The lowest BCUT2D eigenvalue weighted by atomic mass is 9.84. The summed E-state index contributed by atoms with van der Waals surface area (Å²) >= 11 is 3.52. The molecule has 1 saturated carbocycles. The molecule has 3 rings (SSSR count). The summed E-state index contributed by atoms with van der Waals surface area (Å²) in [5.41, 5.74) is 1.10. The molecule has 0 amide bonds. The molecule has 1 aliphatic carbocycles. The molecular weight excluding hydrogens is 302 g/mol. The average Bonchev–Trinajstić information content (AvgIpc) is 2.85. The van der Waals surface area contributed by atoms with E-state index in [4.69, 9.17) is 0 Å². The number of rotatable bonds is 3. The first-order chi connectivity index (χ1) is 9.24. The van der Waals surface area contributed by atoms with Crippen molar-refractivity contribution in [3.8, 4) is 0 Å². The second-order valence-electron chi connectivity index (χ2n) is 5.84. The van der Waals surface area contributed by atoms with Crippen LogP contribution in [0.5, 0.6) is 0 Å². The number of fused-ring (bicyclic) bond motifs is 1. The van der Waals surface area contributed by atoms with Gasteiger partial charge in [0.1, 0.15) is 0 Å². The second kappa shape index (κ2) is 5.76. The van der Waals surface area contributed by atoms with Crippen molar-refractivity contribution in [2.75, 3.05) is 0 Å². The molecule has 1 aromatic carbocycles. The minimum absolute atomic E-state index is 0.0835. The Labute approximate surface area is 123 Å². The van der Waals surface area contributed by atoms with Crippen molar-refractivity contribution in [3.05, 3.63) is 34.3 Å². The summed E-state index contributed by atoms with van der Waals surface area (Å²) in [4.78, 5) is 12.4. The van der Waals surface area contributed by atoms with Gasteiger partial charge in [0.25, 0.3) is 0 Å². The number of hydrogen-bond acceptors (Lipinski definition) is 2. The quantitative estimate of drug-likeness (QED) is 0.923. The zero-order valence-electron chi connectivity index (χ0n) is 11.1. The maximum Gasteiger partial charge on any atom is 0.154 e. The lowest BCUT2D eigenvalue weighted by Crippen LogP contribution is -2.37. The van der Waals surface area contributed by atoms with Gasteiger partial charge in [0.15, 0.2) is 5.78 Å². The van der Waals surface area contributed by atoms with E-state index in [2.05, 4.69) is 21.2 Å². The van der Waals surface area contributed by atoms with Crippen LogP contribution in [0.25, 0.3) is 0 Å². The van der Waals surface area contributed by atoms with Crippen molar-refractivity contribution in [1.82, 2.24) is 5.32 Å². The van der Waals surface area contributed by atoms with E-state index in [0.29, 0.717) is 18.2 Å². The van der Waals surface area contributed by atoms with Crippen molar-refractivity contribution < 1.29 is 4.79 Å². The van der Waals surface area contributed by atoms with Crippen LogP contribution in [0.3, 0.4) is 0 Å². The van der Waals surface area contributed by atoms with Gasteiger partial charge in [-0.1, -0.05) is 47.0 Å². The van der Waals surface area contributed by atoms with Crippen molar-refractivity contribution in [1.29, 1.82) is 0 Å². The Morgan fingerprint density at radius 2 is 2.05 bits per heavy atom. The third kappa shape index (κ3) is 2.92. The smallest absolute Gasteiger partial charge is 0.154 e. The molecule has 3 unspecified atom stereocenters. The molecule has 1 saturated heterocycles. The summed E-state index contributed by atoms with van der Waals surface area (Å²) in [5, 5.41) is 3.57. The molecule has 102 valence electrons. The van der Waals surface area contributed by atoms with Crippen LogP contribution in [-0.2, 0) is 11.2 Å². The van der Waals surface area contributed by atoms with E-state index >= 15 is 0 Å². The van der Waals surface area contributed by atoms with Gasteiger partial charge in [-0.25, -0.2) is 0 Å². The minimum Gasteiger partial charge on any atom is -0.304 e. The van der Waals surface area contributed by atoms with Gasteiger partial charge < -0.3 is 5.32 Å². The molecule has 1 heterocycles. The topological polar surface area (TPSA) is 29.1 Å². The van der Waals surface area contributed by atoms with E-state index in [-0.39, 0.29) is 6.04 Å². The third-order valence-electron chi connectivity index (χ3n) is 4.57. The number of carbonyl (C=O) groups is 1. The molecule has 0 spiro atoms. The van der Waals surface area contributed by atoms with Crippen LogP contribution in [0, 0.1) is 5.92 Å². The van der Waals surface area contributed by atoms with Gasteiger partial charge in [-0.3, -0.25) is 4.79 Å². The van der Waals surface area contributed by atoms with Crippen LogP contribution < -0.4 is 5.32 Å². The highest BCUT2D eigenvalue weighted by Gasteiger charge is 2.37. The summed E-state index contributed by atoms with van der Waals surface area (Å²) in [5.74, 6) is 1.09. The number of carbonyl (C=O) groups excluding carboxylic acids is 1. The lowest BCUT2D eigenvalue weighted by molar-refractivity contribution is -0.120. The van der Waals surface area contributed by atoms with Crippen molar-refractivity contribution >= 4 is 21.7 Å². The number of halogens is 1. The molecule has 2 nitrogen and oxygen atoms in total. The Bertz CT molecular complexity index is 460. The Morgan fingerprint density at radius 3 is 2.84 bits per heavy atom. The van der Waals surface area contributed by atoms with Crippen molar-refractivity contribution in [2.45, 2.75) is 50.6 Å². The lowest BCUT2D eigenvalue weighted by Gasteiger charge is -2.24. The molecule has 0 radical (unpaired) electrons. The third-order valence-corrected chi connectivity index (χ3v) is 5.35. The van der Waals surface area contributed by atoms with Crippen LogP contribution in [0.2, 0.25) is 0 Å². The first kappa shape index (κ1) is 13.3. The molecule has 1 aliphatic heterocycles. The summed E-state index contributed by atoms with van der Waals surface area (Å²) < 4.78 is 1.04. The van der Waals surface area contributed by atoms with E-state index in [1.54, 1.807) is 0 Å². The number of hydrogen-bond donors (Lipinski definition) is 1. The van der Waals surface area contributed by atoms with Crippen LogP contribution in [0.1, 0.15) is 37.7 Å². The van der Waals surface area contributed by atoms with Gasteiger partial charge in [-0.15, -0.1) is 0 Å². The van der Waals surface area contributed by atoms with Crippen molar-refractivity contribution in [2.24, 2.45) is 5.92 Å². The minimum atomic E-state index is 0.0835. The molecular formula is C16H20BrNO. The van der Waals surface area contributed by atoms with E-state index in [9.17, 15) is 4.79 Å². The SMILES string of the molecule is O=C(Cc1ccccc1Br)C1CC2CCCCC2N1. The summed E-state index contributed by atoms with van der Waals surface area (Å²) in [6.45, 7) is 0. The largest absolute Gasteiger partial charge is 0.304 e. The molecule has 0 aromatic heterocycles. The average molecular weight is 322 g/mol. The number of Topliss-reactive ketones (excluding diaryl/α,β-unsaturated/α-hetero) is 1. The monoisotopic (exact) mass is 321 g/mol. The highest BCUT2D eigenvalue weighted by atomic mass is 79.9. The Hall–Kier alpha value is -0.670. The molecule has 3 atom stereocenters. The molecule has 2 fully saturated rings. The molecule has 2 aliphatic rings. The predicted molar refractivity (Wildman–Crippen MR) is 80.1 cm³/mol. The fourth-order valence-electron chi connectivity index (χ4n) is 3.52. The maximum absolute atomic E-state index is 12.4. The fraction of sp³-hybridized carbons (Fsp3) is 0.562. The normalized spacial score (nSPS) is 30.1. The van der Waals surface area contributed by atoms with Gasteiger partial charge in [0, 0.05) is 16.9 Å². The van der Waals surface area contributed by atoms with Gasteiger partial charge in [0.2, 0.25) is 0 Å². The van der Waals surface area contributed by atoms with Crippen LogP contribution in [0.4, 0.5) is 0 Å². The van der Waals surface area contributed by atoms with Crippen LogP contribution in [-0.4, -0.2) is 17.9 Å². The fourth-order valence-corrected chi connectivity index (χ4v) is 3.94. The van der Waals surface area contributed by atoms with E-state index in [0.717, 1.165) is 22.4 Å². The van der Waals surface area contributed by atoms with Crippen LogP contribution in [0.15, 0.2) is 28.7 Å². The van der Waals surface area contributed by atoms with E-state index in [1.165, 1.54) is 25.7 Å². The van der Waals surface area contributed by atoms with Gasteiger partial charge in [-0.05, 0) is 36.8 Å². The highest BCUT2D eigenvalue weighted by molar-refractivity contribution is 9.10. The summed E-state index contributed by atoms with van der Waals surface area (Å²) in [7, 11) is 0. The van der Waals surface area contributed by atoms with E-state index in [1.807, 2.05) is 24.3 Å². The van der Waals surface area contributed by atoms with Crippen LogP contribution >= 0.6 is 15.9 Å². The zero-order chi connectivity index (χ0) is 13.2. The summed E-state index contributed by atoms with van der Waals surface area (Å²) in [6, 6.07) is 8.70. The Balaban J connectivity index is 1.64. The molecule has 3 heteroatoms. The second-order valence-corrected chi connectivity index (χ2v) is 6.69. The predicted octanol–water partition coefficient (Wildman–Crippen LogP) is 3.48. The van der Waals surface area contributed by atoms with Gasteiger partial charge in [0.05, 0.1) is 6.04 Å². The van der Waals surface area contributed by atoms with Gasteiger partial charge in [-0.2, -0.15) is 0 Å². The number of benzene rings is 1. The van der Waals surface area contributed by atoms with Crippen molar-refractivity contribution in [3.63, 3.8) is 0 Å². The Kier molecular flexibility index (Phi) is 4.04. The maximum atomic E-state index is 12.4.